The van der Waals surface area contributed by atoms with E-state index in [0.717, 1.165) is 0 Å². The molecule has 97 valence electrons. The van der Waals surface area contributed by atoms with Crippen LogP contribution >= 0.6 is 0 Å². The van der Waals surface area contributed by atoms with Crippen LogP contribution in [0.15, 0.2) is 84.9 Å². The molecular formula is C19H17Si. The van der Waals surface area contributed by atoms with Crippen LogP contribution in [0.4, 0.5) is 0 Å². The molecule has 0 spiro atoms. The van der Waals surface area contributed by atoms with Crippen LogP contribution in [0.1, 0.15) is 16.7 Å². The van der Waals surface area contributed by atoms with Crippen molar-refractivity contribution >= 4 is 14.7 Å². The fourth-order valence-electron chi connectivity index (χ4n) is 2.59. The Morgan fingerprint density at radius 3 is 1.80 bits per heavy atom. The second-order valence-corrected chi connectivity index (χ2v) is 7.03. The number of benzene rings is 3. The molecule has 20 heavy (non-hydrogen) atoms. The van der Waals surface area contributed by atoms with Crippen LogP contribution in [0, 0.1) is 6.07 Å². The molecule has 0 aliphatic rings. The van der Waals surface area contributed by atoms with Crippen LogP contribution in [0.5, 0.6) is 0 Å². The maximum absolute atomic E-state index is 3.20. The smallest absolute Gasteiger partial charge is 0.0653 e. The molecule has 0 N–H and O–H groups in total. The third-order valence-corrected chi connectivity index (χ3v) is 5.88. The summed E-state index contributed by atoms with van der Waals surface area (Å²) in [5, 5.41) is 1.46. The van der Waals surface area contributed by atoms with Gasteiger partial charge in [-0.2, -0.15) is 0 Å². The van der Waals surface area contributed by atoms with Gasteiger partial charge in [-0.1, -0.05) is 90.1 Å². The van der Waals surface area contributed by atoms with Crippen molar-refractivity contribution in [1.29, 1.82) is 0 Å². The normalized spacial score (nSPS) is 11.2. The quantitative estimate of drug-likeness (QED) is 0.641. The van der Waals surface area contributed by atoms with Crippen molar-refractivity contribution in [1.82, 2.24) is 0 Å². The van der Waals surface area contributed by atoms with Gasteiger partial charge in [0.2, 0.25) is 0 Å². The Kier molecular flexibility index (Phi) is 4.09. The molecule has 3 rings (SSSR count). The minimum Gasteiger partial charge on any atom is -0.0653 e. The molecule has 0 atom stereocenters. The first-order valence-electron chi connectivity index (χ1n) is 6.98. The van der Waals surface area contributed by atoms with E-state index in [1.54, 1.807) is 0 Å². The van der Waals surface area contributed by atoms with Gasteiger partial charge in [0.15, 0.2) is 0 Å². The van der Waals surface area contributed by atoms with Gasteiger partial charge in [0.05, 0.1) is 9.52 Å². The summed E-state index contributed by atoms with van der Waals surface area (Å²) in [4.78, 5) is 0. The van der Waals surface area contributed by atoms with Gasteiger partial charge in [-0.05, 0) is 17.2 Å². The van der Waals surface area contributed by atoms with Crippen LogP contribution in [-0.2, 0) is 0 Å². The molecule has 3 aromatic carbocycles. The van der Waals surface area contributed by atoms with Crippen LogP contribution in [0.2, 0.25) is 0 Å². The highest BCUT2D eigenvalue weighted by molar-refractivity contribution is 6.55. The van der Waals surface area contributed by atoms with Crippen molar-refractivity contribution in [3.63, 3.8) is 0 Å². The van der Waals surface area contributed by atoms with Crippen LogP contribution < -0.4 is 5.19 Å². The van der Waals surface area contributed by atoms with E-state index in [2.05, 4.69) is 84.9 Å². The Morgan fingerprint density at radius 1 is 0.700 bits per heavy atom. The summed E-state index contributed by atoms with van der Waals surface area (Å²) in [6.07, 6.45) is 0. The molecule has 0 amide bonds. The lowest BCUT2D eigenvalue weighted by Gasteiger charge is -2.17. The van der Waals surface area contributed by atoms with Crippen LogP contribution in [-0.4, -0.2) is 9.52 Å². The third-order valence-electron chi connectivity index (χ3n) is 3.62. The van der Waals surface area contributed by atoms with Crippen molar-refractivity contribution in [2.75, 3.05) is 0 Å². The fraction of sp³-hybridized carbons (Fsp3) is 0.0526. The van der Waals surface area contributed by atoms with E-state index in [4.69, 9.17) is 0 Å². The molecule has 1 heteroatoms. The van der Waals surface area contributed by atoms with E-state index >= 15 is 0 Å². The maximum atomic E-state index is 3.20. The SMILES string of the molecule is [c]1cccc([SiH2]C(c2ccccc2)c2ccccc2)c1. The minimum absolute atomic E-state index is 0.425. The standard InChI is InChI=1S/C19H17Si/c1-4-10-16(11-5-1)19(17-12-6-2-7-13-17)20-18-14-8-3-9-15-18/h1-8,10-15,19H,20H2. The second kappa shape index (κ2) is 6.35. The summed E-state index contributed by atoms with van der Waals surface area (Å²) in [7, 11) is -0.425. The molecule has 0 heterocycles. The Hall–Kier alpha value is -2.12. The molecule has 0 saturated heterocycles. The molecule has 0 bridgehead atoms. The average Bonchev–Trinajstić information content (AvgIpc) is 2.55. The van der Waals surface area contributed by atoms with Crippen LogP contribution in [0.3, 0.4) is 0 Å². The summed E-state index contributed by atoms with van der Waals surface area (Å²) in [5.74, 6) is 0. The lowest BCUT2D eigenvalue weighted by molar-refractivity contribution is 1.13. The molecule has 0 aromatic heterocycles. The first-order valence-corrected chi connectivity index (χ1v) is 8.51. The summed E-state index contributed by atoms with van der Waals surface area (Å²) < 4.78 is 0. The Morgan fingerprint density at radius 2 is 1.30 bits per heavy atom. The monoisotopic (exact) mass is 273 g/mol. The third kappa shape index (κ3) is 3.06. The maximum Gasteiger partial charge on any atom is 0.0679 e. The van der Waals surface area contributed by atoms with Crippen molar-refractivity contribution in [2.45, 2.75) is 5.54 Å². The van der Waals surface area contributed by atoms with Crippen molar-refractivity contribution < 1.29 is 0 Å². The fourth-order valence-corrected chi connectivity index (χ4v) is 4.59. The van der Waals surface area contributed by atoms with Gasteiger partial charge in [-0.15, -0.1) is 0 Å². The first kappa shape index (κ1) is 12.9. The average molecular weight is 273 g/mol. The van der Waals surface area contributed by atoms with Gasteiger partial charge in [-0.3, -0.25) is 0 Å². The molecule has 3 aromatic rings. The van der Waals surface area contributed by atoms with E-state index < -0.39 is 9.52 Å². The van der Waals surface area contributed by atoms with Gasteiger partial charge < -0.3 is 0 Å². The van der Waals surface area contributed by atoms with Crippen molar-refractivity contribution in [3.8, 4) is 0 Å². The molecule has 0 fully saturated rings. The molecular weight excluding hydrogens is 256 g/mol. The van der Waals surface area contributed by atoms with Gasteiger partial charge in [0.1, 0.15) is 0 Å². The molecule has 1 radical (unpaired) electrons. The van der Waals surface area contributed by atoms with Gasteiger partial charge in [0.25, 0.3) is 0 Å². The summed E-state index contributed by atoms with van der Waals surface area (Å²) in [5.41, 5.74) is 3.39. The van der Waals surface area contributed by atoms with Gasteiger partial charge >= 0.3 is 0 Å². The predicted molar refractivity (Wildman–Crippen MR) is 88.2 cm³/mol. The number of hydrogen-bond acceptors (Lipinski definition) is 0. The molecule has 0 nitrogen and oxygen atoms in total. The van der Waals surface area contributed by atoms with E-state index in [1.165, 1.54) is 16.3 Å². The zero-order chi connectivity index (χ0) is 13.6. The highest BCUT2D eigenvalue weighted by Crippen LogP contribution is 2.23. The van der Waals surface area contributed by atoms with E-state index in [1.807, 2.05) is 6.07 Å². The van der Waals surface area contributed by atoms with Gasteiger partial charge in [0, 0.05) is 5.54 Å². The van der Waals surface area contributed by atoms with E-state index in [9.17, 15) is 0 Å². The summed E-state index contributed by atoms with van der Waals surface area (Å²) >= 11 is 0. The van der Waals surface area contributed by atoms with Gasteiger partial charge in [-0.25, -0.2) is 0 Å². The zero-order valence-electron chi connectivity index (χ0n) is 11.4. The number of rotatable bonds is 4. The lowest BCUT2D eigenvalue weighted by Crippen LogP contribution is -2.22. The zero-order valence-corrected chi connectivity index (χ0v) is 12.8. The minimum atomic E-state index is -0.425. The van der Waals surface area contributed by atoms with Crippen molar-refractivity contribution in [2.24, 2.45) is 0 Å². The van der Waals surface area contributed by atoms with Crippen LogP contribution in [0.25, 0.3) is 0 Å². The Bertz CT molecular complexity index is 593. The van der Waals surface area contributed by atoms with E-state index in [-0.39, 0.29) is 0 Å². The predicted octanol–water partition coefficient (Wildman–Crippen LogP) is 3.07. The largest absolute Gasteiger partial charge is 0.0679 e. The number of hydrogen-bond donors (Lipinski definition) is 0. The molecule has 0 unspecified atom stereocenters. The van der Waals surface area contributed by atoms with E-state index in [0.29, 0.717) is 5.54 Å². The van der Waals surface area contributed by atoms with Crippen molar-refractivity contribution in [3.05, 3.63) is 102 Å². The summed E-state index contributed by atoms with van der Waals surface area (Å²) in [6.45, 7) is 0. The second-order valence-electron chi connectivity index (χ2n) is 4.99. The lowest BCUT2D eigenvalue weighted by atomic mass is 10.0. The molecule has 0 aliphatic carbocycles. The first-order chi connectivity index (χ1) is 9.93. The Labute approximate surface area is 122 Å². The molecule has 0 saturated carbocycles. The molecule has 0 aliphatic heterocycles. The highest BCUT2D eigenvalue weighted by Gasteiger charge is 2.14. The topological polar surface area (TPSA) is 0 Å². The Balaban J connectivity index is 1.96. The highest BCUT2D eigenvalue weighted by atomic mass is 28.2. The summed E-state index contributed by atoms with van der Waals surface area (Å²) in [6, 6.07) is 33.4.